The van der Waals surface area contributed by atoms with E-state index in [1.165, 1.54) is 30.1 Å². The Kier molecular flexibility index (Phi) is 3.04. The summed E-state index contributed by atoms with van der Waals surface area (Å²) in [7, 11) is 0. The minimum Gasteiger partial charge on any atom is -0.301 e. The fraction of sp³-hybridized carbons (Fsp3) is 0.0833. The average Bonchev–Trinajstić information content (AvgIpc) is 2.85. The highest BCUT2D eigenvalue weighted by molar-refractivity contribution is 7.98. The molecule has 19 heavy (non-hydrogen) atoms. The maximum Gasteiger partial charge on any atom is 0.262 e. The second-order valence-electron chi connectivity index (χ2n) is 3.92. The van der Waals surface area contributed by atoms with Crippen molar-refractivity contribution in [3.05, 3.63) is 52.2 Å². The molecule has 0 spiro atoms. The molecule has 0 saturated heterocycles. The van der Waals surface area contributed by atoms with Gasteiger partial charge in [0, 0.05) is 5.75 Å². The van der Waals surface area contributed by atoms with Crippen LogP contribution in [0.4, 0.5) is 4.39 Å². The highest BCUT2D eigenvalue weighted by Gasteiger charge is 2.06. The Morgan fingerprint density at radius 2 is 2.26 bits per heavy atom. The number of hydrogen-bond acceptors (Lipinski definition) is 4. The van der Waals surface area contributed by atoms with Crippen LogP contribution in [0.1, 0.15) is 5.56 Å². The summed E-state index contributed by atoms with van der Waals surface area (Å²) in [6, 6.07) is 6.33. The number of hydrogen-bond donors (Lipinski definition) is 2. The Bertz CT molecular complexity index is 782. The summed E-state index contributed by atoms with van der Waals surface area (Å²) in [6.45, 7) is 0. The van der Waals surface area contributed by atoms with Crippen LogP contribution in [0.15, 0.2) is 40.4 Å². The fourth-order valence-electron chi connectivity index (χ4n) is 1.67. The molecule has 0 aliphatic carbocycles. The second-order valence-corrected chi connectivity index (χ2v) is 4.89. The van der Waals surface area contributed by atoms with Crippen molar-refractivity contribution in [2.75, 3.05) is 0 Å². The van der Waals surface area contributed by atoms with Gasteiger partial charge in [-0.15, -0.1) is 0 Å². The molecule has 1 aromatic carbocycles. The zero-order chi connectivity index (χ0) is 13.2. The third-order valence-electron chi connectivity index (χ3n) is 2.56. The lowest BCUT2D eigenvalue weighted by atomic mass is 10.2. The first-order valence-electron chi connectivity index (χ1n) is 5.53. The fourth-order valence-corrected chi connectivity index (χ4v) is 2.48. The first kappa shape index (κ1) is 11.9. The van der Waals surface area contributed by atoms with E-state index >= 15 is 0 Å². The van der Waals surface area contributed by atoms with Gasteiger partial charge in [-0.3, -0.25) is 9.89 Å². The zero-order valence-electron chi connectivity index (χ0n) is 9.68. The molecule has 0 amide bonds. The van der Waals surface area contributed by atoms with E-state index < -0.39 is 0 Å². The summed E-state index contributed by atoms with van der Waals surface area (Å²) >= 11 is 1.33. The van der Waals surface area contributed by atoms with Crippen LogP contribution < -0.4 is 5.56 Å². The molecule has 0 fully saturated rings. The van der Waals surface area contributed by atoms with Gasteiger partial charge in [-0.25, -0.2) is 9.37 Å². The standard InChI is InChI=1S/C12H9FN4OS/c13-8-3-1-2-7(4-8)6-19-12-15-10-9(5-14-17-10)11(18)16-12/h1-5H,6H2,(H2,14,15,16,17,18). The van der Waals surface area contributed by atoms with Gasteiger partial charge in [-0.05, 0) is 17.7 Å². The topological polar surface area (TPSA) is 74.4 Å². The highest BCUT2D eigenvalue weighted by Crippen LogP contribution is 2.19. The van der Waals surface area contributed by atoms with Crippen LogP contribution in [0.25, 0.3) is 11.0 Å². The molecule has 96 valence electrons. The molecule has 0 radical (unpaired) electrons. The summed E-state index contributed by atoms with van der Waals surface area (Å²) in [5.74, 6) is 0.254. The van der Waals surface area contributed by atoms with Crippen molar-refractivity contribution in [2.45, 2.75) is 10.9 Å². The van der Waals surface area contributed by atoms with Crippen molar-refractivity contribution in [1.29, 1.82) is 0 Å². The number of nitrogens with zero attached hydrogens (tertiary/aromatic N) is 2. The number of fused-ring (bicyclic) bond motifs is 1. The average molecular weight is 276 g/mol. The smallest absolute Gasteiger partial charge is 0.262 e. The first-order chi connectivity index (χ1) is 9.22. The van der Waals surface area contributed by atoms with Crippen LogP contribution in [0.2, 0.25) is 0 Å². The molecule has 2 N–H and O–H groups in total. The number of benzene rings is 1. The number of rotatable bonds is 3. The molecule has 0 atom stereocenters. The van der Waals surface area contributed by atoms with Gasteiger partial charge in [0.05, 0.1) is 6.20 Å². The molecule has 7 heteroatoms. The van der Waals surface area contributed by atoms with E-state index in [1.54, 1.807) is 6.07 Å². The summed E-state index contributed by atoms with van der Waals surface area (Å²) < 4.78 is 13.0. The van der Waals surface area contributed by atoms with Gasteiger partial charge in [-0.2, -0.15) is 5.10 Å². The molecule has 3 rings (SSSR count). The molecule has 0 saturated carbocycles. The van der Waals surface area contributed by atoms with Crippen molar-refractivity contribution in [2.24, 2.45) is 0 Å². The third-order valence-corrected chi connectivity index (χ3v) is 3.51. The second kappa shape index (κ2) is 4.85. The van der Waals surface area contributed by atoms with E-state index in [0.29, 0.717) is 21.9 Å². The quantitative estimate of drug-likeness (QED) is 0.567. The molecular formula is C12H9FN4OS. The molecule has 0 aliphatic heterocycles. The number of halogens is 1. The Morgan fingerprint density at radius 3 is 3.11 bits per heavy atom. The predicted molar refractivity (Wildman–Crippen MR) is 70.5 cm³/mol. The van der Waals surface area contributed by atoms with Crippen LogP contribution >= 0.6 is 11.8 Å². The zero-order valence-corrected chi connectivity index (χ0v) is 10.5. The molecule has 2 heterocycles. The number of H-pyrrole nitrogens is 2. The van der Waals surface area contributed by atoms with E-state index in [9.17, 15) is 9.18 Å². The van der Waals surface area contributed by atoms with Crippen molar-refractivity contribution >= 4 is 22.8 Å². The van der Waals surface area contributed by atoms with Crippen LogP contribution in [-0.4, -0.2) is 20.2 Å². The SMILES string of the molecule is O=c1[nH]c(SCc2cccc(F)c2)nc2[nH]ncc12. The summed E-state index contributed by atoms with van der Waals surface area (Å²) in [6.07, 6.45) is 1.43. The van der Waals surface area contributed by atoms with Crippen molar-refractivity contribution in [3.8, 4) is 0 Å². The largest absolute Gasteiger partial charge is 0.301 e. The van der Waals surface area contributed by atoms with Crippen LogP contribution in [0.3, 0.4) is 0 Å². The lowest BCUT2D eigenvalue weighted by molar-refractivity contribution is 0.626. The van der Waals surface area contributed by atoms with Gasteiger partial charge < -0.3 is 4.98 Å². The number of thioether (sulfide) groups is 1. The van der Waals surface area contributed by atoms with E-state index in [4.69, 9.17) is 0 Å². The minimum atomic E-state index is -0.274. The molecule has 0 aliphatic rings. The van der Waals surface area contributed by atoms with E-state index in [0.717, 1.165) is 5.56 Å². The third kappa shape index (κ3) is 2.50. The van der Waals surface area contributed by atoms with Crippen LogP contribution in [0, 0.1) is 5.82 Å². The monoisotopic (exact) mass is 276 g/mol. The molecule has 0 bridgehead atoms. The van der Waals surface area contributed by atoms with Gasteiger partial charge in [0.15, 0.2) is 10.8 Å². The van der Waals surface area contributed by atoms with Crippen LogP contribution in [0.5, 0.6) is 0 Å². The van der Waals surface area contributed by atoms with Crippen molar-refractivity contribution in [3.63, 3.8) is 0 Å². The van der Waals surface area contributed by atoms with E-state index in [1.807, 2.05) is 6.07 Å². The van der Waals surface area contributed by atoms with Crippen molar-refractivity contribution < 1.29 is 4.39 Å². The van der Waals surface area contributed by atoms with Gasteiger partial charge in [0.1, 0.15) is 11.2 Å². The lowest BCUT2D eigenvalue weighted by Gasteiger charge is -2.01. The summed E-state index contributed by atoms with van der Waals surface area (Å²) in [5, 5.41) is 7.32. The number of nitrogens with one attached hydrogen (secondary N) is 2. The number of aromatic nitrogens is 4. The van der Waals surface area contributed by atoms with Crippen molar-refractivity contribution in [1.82, 2.24) is 20.2 Å². The Balaban J connectivity index is 1.83. The summed E-state index contributed by atoms with van der Waals surface area (Å²) in [4.78, 5) is 18.6. The molecule has 0 unspecified atom stereocenters. The number of aromatic amines is 2. The van der Waals surface area contributed by atoms with Gasteiger partial charge in [0.25, 0.3) is 5.56 Å². The molecular weight excluding hydrogens is 267 g/mol. The minimum absolute atomic E-state index is 0.236. The maximum absolute atomic E-state index is 13.0. The molecule has 5 nitrogen and oxygen atoms in total. The van der Waals surface area contributed by atoms with Gasteiger partial charge in [-0.1, -0.05) is 23.9 Å². The van der Waals surface area contributed by atoms with E-state index in [2.05, 4.69) is 20.2 Å². The van der Waals surface area contributed by atoms with Gasteiger partial charge in [0.2, 0.25) is 0 Å². The van der Waals surface area contributed by atoms with Gasteiger partial charge >= 0.3 is 0 Å². The Hall–Kier alpha value is -2.15. The van der Waals surface area contributed by atoms with E-state index in [-0.39, 0.29) is 11.4 Å². The Labute approximate surface area is 111 Å². The highest BCUT2D eigenvalue weighted by atomic mass is 32.2. The Morgan fingerprint density at radius 1 is 1.37 bits per heavy atom. The first-order valence-corrected chi connectivity index (χ1v) is 6.51. The maximum atomic E-state index is 13.0. The lowest BCUT2D eigenvalue weighted by Crippen LogP contribution is -2.08. The normalized spacial score (nSPS) is 11.0. The van der Waals surface area contributed by atoms with Crippen LogP contribution in [-0.2, 0) is 5.75 Å². The summed E-state index contributed by atoms with van der Waals surface area (Å²) in [5.41, 5.74) is 1.04. The molecule has 3 aromatic rings. The molecule has 2 aromatic heterocycles. The predicted octanol–water partition coefficient (Wildman–Crippen LogP) is 2.08.